The summed E-state index contributed by atoms with van der Waals surface area (Å²) >= 11 is 1.59. The zero-order valence-electron chi connectivity index (χ0n) is 19.8. The molecule has 0 atom stereocenters. The van der Waals surface area contributed by atoms with E-state index in [0.717, 1.165) is 46.9 Å². The minimum atomic E-state index is -3.47. The molecule has 0 saturated heterocycles. The summed E-state index contributed by atoms with van der Waals surface area (Å²) in [6, 6.07) is 15.0. The summed E-state index contributed by atoms with van der Waals surface area (Å²) in [7, 11) is -3.47. The van der Waals surface area contributed by atoms with Crippen LogP contribution in [0.5, 0.6) is 5.75 Å². The molecule has 1 heterocycles. The molecular formula is C25H33N3O3S2. The molecule has 0 saturated carbocycles. The Morgan fingerprint density at radius 2 is 1.64 bits per heavy atom. The first kappa shape index (κ1) is 25.2. The second-order valence-corrected chi connectivity index (χ2v) is 10.3. The van der Waals surface area contributed by atoms with Crippen molar-refractivity contribution in [2.24, 2.45) is 4.99 Å². The highest BCUT2D eigenvalue weighted by Gasteiger charge is 2.21. The Hall–Kier alpha value is -2.42. The van der Waals surface area contributed by atoms with E-state index in [1.165, 1.54) is 4.31 Å². The average Bonchev–Trinajstić information content (AvgIpc) is 3.22. The average molecular weight is 488 g/mol. The summed E-state index contributed by atoms with van der Waals surface area (Å²) in [5.41, 5.74) is 2.90. The molecule has 0 aliphatic rings. The van der Waals surface area contributed by atoms with Gasteiger partial charge in [-0.3, -0.25) is 0 Å². The van der Waals surface area contributed by atoms with Crippen LogP contribution >= 0.6 is 11.3 Å². The summed E-state index contributed by atoms with van der Waals surface area (Å²) in [6.45, 7) is 10.2. The molecular weight excluding hydrogens is 454 g/mol. The summed E-state index contributed by atoms with van der Waals surface area (Å²) in [4.78, 5) is 6.11. The van der Waals surface area contributed by atoms with Gasteiger partial charge in [0.2, 0.25) is 10.0 Å². The Bertz CT molecular complexity index is 1190. The van der Waals surface area contributed by atoms with Gasteiger partial charge in [0.1, 0.15) is 5.75 Å². The van der Waals surface area contributed by atoms with Gasteiger partial charge in [-0.2, -0.15) is 4.31 Å². The number of hydrogen-bond donors (Lipinski definition) is 0. The molecule has 178 valence electrons. The minimum Gasteiger partial charge on any atom is -0.494 e. The monoisotopic (exact) mass is 487 g/mol. The summed E-state index contributed by atoms with van der Waals surface area (Å²) in [5.74, 6) is 0.835. The number of benzene rings is 2. The van der Waals surface area contributed by atoms with Gasteiger partial charge in [-0.05, 0) is 55.3 Å². The highest BCUT2D eigenvalue weighted by molar-refractivity contribution is 7.89. The molecule has 0 radical (unpaired) electrons. The molecule has 3 rings (SSSR count). The van der Waals surface area contributed by atoms with E-state index < -0.39 is 10.0 Å². The van der Waals surface area contributed by atoms with Crippen molar-refractivity contribution in [1.82, 2.24) is 8.87 Å². The molecule has 2 aromatic carbocycles. The van der Waals surface area contributed by atoms with Crippen LogP contribution in [0.15, 0.2) is 63.8 Å². The number of rotatable bonds is 11. The van der Waals surface area contributed by atoms with Gasteiger partial charge in [0.15, 0.2) is 4.80 Å². The molecule has 33 heavy (non-hydrogen) atoms. The van der Waals surface area contributed by atoms with Crippen LogP contribution < -0.4 is 9.54 Å². The third kappa shape index (κ3) is 5.93. The molecule has 0 amide bonds. The van der Waals surface area contributed by atoms with Crippen LogP contribution in [0.2, 0.25) is 0 Å². The van der Waals surface area contributed by atoms with Crippen molar-refractivity contribution in [2.45, 2.75) is 52.0 Å². The van der Waals surface area contributed by atoms with E-state index in [1.54, 1.807) is 23.5 Å². The number of sulfonamides is 1. The lowest BCUT2D eigenvalue weighted by atomic mass is 10.1. The van der Waals surface area contributed by atoms with E-state index in [9.17, 15) is 8.42 Å². The highest BCUT2D eigenvalue weighted by atomic mass is 32.2. The largest absolute Gasteiger partial charge is 0.494 e. The van der Waals surface area contributed by atoms with Gasteiger partial charge < -0.3 is 9.30 Å². The fourth-order valence-corrected chi connectivity index (χ4v) is 6.00. The van der Waals surface area contributed by atoms with Crippen molar-refractivity contribution in [3.05, 3.63) is 58.7 Å². The third-order valence-electron chi connectivity index (χ3n) is 5.40. The second-order valence-electron chi connectivity index (χ2n) is 7.56. The zero-order valence-corrected chi connectivity index (χ0v) is 21.5. The van der Waals surface area contributed by atoms with E-state index >= 15 is 0 Å². The van der Waals surface area contributed by atoms with E-state index in [1.807, 2.05) is 57.2 Å². The summed E-state index contributed by atoms with van der Waals surface area (Å²) < 4.78 is 34.9. The van der Waals surface area contributed by atoms with Crippen LogP contribution in [0.1, 0.15) is 40.5 Å². The molecule has 0 aliphatic carbocycles. The van der Waals surface area contributed by atoms with E-state index in [4.69, 9.17) is 9.73 Å². The minimum absolute atomic E-state index is 0.324. The summed E-state index contributed by atoms with van der Waals surface area (Å²) in [5, 5.41) is 2.09. The molecule has 0 spiro atoms. The SMILES string of the molecule is CCCCn1c(-c2ccc(S(=O)(=O)N(CC)CC)cc2)csc1=Nc1ccc(OCC)cc1. The normalized spacial score (nSPS) is 12.5. The van der Waals surface area contributed by atoms with Gasteiger partial charge in [0.25, 0.3) is 0 Å². The Labute approximate surface area is 201 Å². The molecule has 6 nitrogen and oxygen atoms in total. The second kappa shape index (κ2) is 11.6. The Morgan fingerprint density at radius 1 is 0.970 bits per heavy atom. The quantitative estimate of drug-likeness (QED) is 0.350. The third-order valence-corrected chi connectivity index (χ3v) is 8.33. The van der Waals surface area contributed by atoms with Crippen LogP contribution in [0.25, 0.3) is 11.3 Å². The predicted octanol–water partition coefficient (Wildman–Crippen LogP) is 5.68. The molecule has 3 aromatic rings. The van der Waals surface area contributed by atoms with E-state index in [2.05, 4.69) is 16.9 Å². The predicted molar refractivity (Wildman–Crippen MR) is 136 cm³/mol. The number of thiazole rings is 1. The van der Waals surface area contributed by atoms with Crippen LogP contribution in [0, 0.1) is 0 Å². The first-order valence-electron chi connectivity index (χ1n) is 11.5. The molecule has 8 heteroatoms. The van der Waals surface area contributed by atoms with Gasteiger partial charge >= 0.3 is 0 Å². The number of aromatic nitrogens is 1. The Balaban J connectivity index is 1.97. The van der Waals surface area contributed by atoms with Crippen molar-refractivity contribution in [1.29, 1.82) is 0 Å². The molecule has 0 fully saturated rings. The lowest BCUT2D eigenvalue weighted by Gasteiger charge is -2.18. The Morgan fingerprint density at radius 3 is 2.21 bits per heavy atom. The van der Waals surface area contributed by atoms with Crippen LogP contribution in [-0.4, -0.2) is 37.0 Å². The van der Waals surface area contributed by atoms with Crippen molar-refractivity contribution in [3.8, 4) is 17.0 Å². The van der Waals surface area contributed by atoms with E-state index in [-0.39, 0.29) is 0 Å². The smallest absolute Gasteiger partial charge is 0.243 e. The maximum Gasteiger partial charge on any atom is 0.243 e. The molecule has 0 N–H and O–H groups in total. The van der Waals surface area contributed by atoms with Crippen LogP contribution in [-0.2, 0) is 16.6 Å². The van der Waals surface area contributed by atoms with Gasteiger partial charge in [-0.25, -0.2) is 13.4 Å². The maximum atomic E-state index is 12.8. The Kier molecular flexibility index (Phi) is 8.88. The van der Waals surface area contributed by atoms with Crippen molar-refractivity contribution in [2.75, 3.05) is 19.7 Å². The van der Waals surface area contributed by atoms with Crippen molar-refractivity contribution < 1.29 is 13.2 Å². The van der Waals surface area contributed by atoms with Gasteiger partial charge in [0, 0.05) is 25.0 Å². The lowest BCUT2D eigenvalue weighted by Crippen LogP contribution is -2.30. The van der Waals surface area contributed by atoms with Crippen molar-refractivity contribution in [3.63, 3.8) is 0 Å². The van der Waals surface area contributed by atoms with Crippen LogP contribution in [0.3, 0.4) is 0 Å². The standard InChI is InChI=1S/C25H33N3O3S2/c1-5-9-18-28-24(19-32-25(28)26-21-12-14-22(15-13-21)31-8-4)20-10-16-23(17-11-20)33(29,30)27(6-2)7-3/h10-17,19H,5-9,18H2,1-4H3. The molecule has 1 aromatic heterocycles. The summed E-state index contributed by atoms with van der Waals surface area (Å²) in [6.07, 6.45) is 2.11. The molecule has 0 bridgehead atoms. The number of unbranched alkanes of at least 4 members (excludes halogenated alkanes) is 1. The molecule has 0 unspecified atom stereocenters. The maximum absolute atomic E-state index is 12.8. The molecule has 0 aliphatic heterocycles. The van der Waals surface area contributed by atoms with Crippen molar-refractivity contribution >= 4 is 27.0 Å². The topological polar surface area (TPSA) is 63.9 Å². The fraction of sp³-hybridized carbons (Fsp3) is 0.400. The first-order valence-corrected chi connectivity index (χ1v) is 13.8. The first-order chi connectivity index (χ1) is 15.9. The fourth-order valence-electron chi connectivity index (χ4n) is 3.59. The number of ether oxygens (including phenoxy) is 1. The van der Waals surface area contributed by atoms with Gasteiger partial charge in [-0.15, -0.1) is 11.3 Å². The van der Waals surface area contributed by atoms with Gasteiger partial charge in [-0.1, -0.05) is 39.3 Å². The highest BCUT2D eigenvalue weighted by Crippen LogP contribution is 2.25. The van der Waals surface area contributed by atoms with E-state index in [0.29, 0.717) is 24.6 Å². The van der Waals surface area contributed by atoms with Crippen LogP contribution in [0.4, 0.5) is 5.69 Å². The number of hydrogen-bond acceptors (Lipinski definition) is 5. The van der Waals surface area contributed by atoms with Gasteiger partial charge in [0.05, 0.1) is 22.9 Å². The number of nitrogens with zero attached hydrogens (tertiary/aromatic N) is 3. The zero-order chi connectivity index (χ0) is 23.8. The lowest BCUT2D eigenvalue weighted by molar-refractivity contribution is 0.340.